The Morgan fingerprint density at radius 1 is 1.10 bits per heavy atom. The summed E-state index contributed by atoms with van der Waals surface area (Å²) in [4.78, 5) is 12.2. The monoisotopic (exact) mass is 280 g/mol. The predicted octanol–water partition coefficient (Wildman–Crippen LogP) is 4.60. The van der Waals surface area contributed by atoms with Crippen molar-refractivity contribution in [3.63, 3.8) is 0 Å². The van der Waals surface area contributed by atoms with Crippen molar-refractivity contribution in [2.45, 2.75) is 33.6 Å². The highest BCUT2D eigenvalue weighted by Gasteiger charge is 2.28. The molecule has 0 aliphatic heterocycles. The van der Waals surface area contributed by atoms with E-state index in [4.69, 9.17) is 4.74 Å². The van der Waals surface area contributed by atoms with Gasteiger partial charge < -0.3 is 4.74 Å². The van der Waals surface area contributed by atoms with Crippen LogP contribution in [0.5, 0.6) is 5.75 Å². The van der Waals surface area contributed by atoms with Crippen molar-refractivity contribution < 1.29 is 9.53 Å². The Kier molecular flexibility index (Phi) is 3.32. The van der Waals surface area contributed by atoms with Crippen molar-refractivity contribution in [2.75, 3.05) is 0 Å². The fourth-order valence-corrected chi connectivity index (χ4v) is 2.57. The summed E-state index contributed by atoms with van der Waals surface area (Å²) in [6.07, 6.45) is 1.68. The molecule has 0 fully saturated rings. The van der Waals surface area contributed by atoms with Crippen LogP contribution in [0.3, 0.4) is 0 Å². The molecule has 2 heteroatoms. The molecule has 2 nitrogen and oxygen atoms in total. The lowest BCUT2D eigenvalue weighted by molar-refractivity contribution is -0.144. The van der Waals surface area contributed by atoms with Crippen LogP contribution in [0, 0.1) is 5.41 Å². The molecular formula is C19H20O2. The summed E-state index contributed by atoms with van der Waals surface area (Å²) in [6, 6.07) is 14.4. The van der Waals surface area contributed by atoms with E-state index in [0.29, 0.717) is 5.75 Å². The Balaban J connectivity index is 1.86. The smallest absolute Gasteiger partial charge is 0.316 e. The van der Waals surface area contributed by atoms with Gasteiger partial charge in [0.15, 0.2) is 0 Å². The molecule has 0 heterocycles. The van der Waals surface area contributed by atoms with Crippen LogP contribution in [0.15, 0.2) is 42.5 Å². The summed E-state index contributed by atoms with van der Waals surface area (Å²) in [7, 11) is 0. The van der Waals surface area contributed by atoms with Crippen molar-refractivity contribution in [3.05, 3.63) is 53.6 Å². The van der Waals surface area contributed by atoms with Crippen LogP contribution in [0.1, 0.15) is 38.3 Å². The zero-order chi connectivity index (χ0) is 15.0. The molecule has 2 aromatic carbocycles. The van der Waals surface area contributed by atoms with Crippen LogP contribution in [-0.4, -0.2) is 5.97 Å². The van der Waals surface area contributed by atoms with Crippen molar-refractivity contribution in [3.8, 4) is 16.9 Å². The molecule has 2 aromatic rings. The SMILES string of the molecule is CCC(C)(C)C(=O)Oc1ccc2c(c1)Cc1ccccc1-2. The molecule has 0 atom stereocenters. The highest BCUT2D eigenvalue weighted by Crippen LogP contribution is 2.38. The van der Waals surface area contributed by atoms with Gasteiger partial charge in [-0.1, -0.05) is 37.3 Å². The molecule has 0 N–H and O–H groups in total. The Hall–Kier alpha value is -2.09. The van der Waals surface area contributed by atoms with Gasteiger partial charge in [0.05, 0.1) is 5.41 Å². The van der Waals surface area contributed by atoms with Crippen LogP contribution >= 0.6 is 0 Å². The normalized spacial score (nSPS) is 12.7. The van der Waals surface area contributed by atoms with Gasteiger partial charge in [0.1, 0.15) is 5.75 Å². The first-order valence-electron chi connectivity index (χ1n) is 7.45. The largest absolute Gasteiger partial charge is 0.426 e. The first-order valence-corrected chi connectivity index (χ1v) is 7.45. The second-order valence-electron chi connectivity index (χ2n) is 6.28. The lowest BCUT2D eigenvalue weighted by atomic mass is 9.91. The molecule has 0 spiro atoms. The average molecular weight is 280 g/mol. The number of esters is 1. The topological polar surface area (TPSA) is 26.3 Å². The molecule has 0 amide bonds. The number of rotatable bonds is 3. The van der Waals surface area contributed by atoms with E-state index < -0.39 is 5.41 Å². The number of benzene rings is 2. The summed E-state index contributed by atoms with van der Waals surface area (Å²) >= 11 is 0. The van der Waals surface area contributed by atoms with Crippen molar-refractivity contribution in [1.29, 1.82) is 0 Å². The summed E-state index contributed by atoms with van der Waals surface area (Å²) in [5.74, 6) is 0.480. The van der Waals surface area contributed by atoms with Crippen LogP contribution in [0.4, 0.5) is 0 Å². The lowest BCUT2D eigenvalue weighted by Gasteiger charge is -2.20. The van der Waals surface area contributed by atoms with Gasteiger partial charge in [-0.25, -0.2) is 0 Å². The predicted molar refractivity (Wildman–Crippen MR) is 84.4 cm³/mol. The summed E-state index contributed by atoms with van der Waals surface area (Å²) in [5.41, 5.74) is 4.67. The van der Waals surface area contributed by atoms with Gasteiger partial charge in [0.25, 0.3) is 0 Å². The Bertz CT molecular complexity index is 698. The third-order valence-electron chi connectivity index (χ3n) is 4.41. The maximum absolute atomic E-state index is 12.2. The minimum absolute atomic E-state index is 0.166. The number of hydrogen-bond acceptors (Lipinski definition) is 2. The van der Waals surface area contributed by atoms with Crippen LogP contribution in [-0.2, 0) is 11.2 Å². The first-order chi connectivity index (χ1) is 10.0. The van der Waals surface area contributed by atoms with E-state index in [0.717, 1.165) is 12.8 Å². The first kappa shape index (κ1) is 13.9. The van der Waals surface area contributed by atoms with E-state index in [9.17, 15) is 4.79 Å². The van der Waals surface area contributed by atoms with Gasteiger partial charge in [-0.05, 0) is 61.1 Å². The Morgan fingerprint density at radius 2 is 1.81 bits per heavy atom. The van der Waals surface area contributed by atoms with Crippen LogP contribution in [0.2, 0.25) is 0 Å². The molecule has 0 aromatic heterocycles. The van der Waals surface area contributed by atoms with Gasteiger partial charge in [-0.15, -0.1) is 0 Å². The lowest BCUT2D eigenvalue weighted by Crippen LogP contribution is -2.28. The minimum Gasteiger partial charge on any atom is -0.426 e. The third-order valence-corrected chi connectivity index (χ3v) is 4.41. The standard InChI is InChI=1S/C19H20O2/c1-4-19(2,3)18(20)21-15-9-10-17-14(12-15)11-13-7-5-6-8-16(13)17/h5-10,12H,4,11H2,1-3H3. The van der Waals surface area contributed by atoms with Crippen LogP contribution in [0.25, 0.3) is 11.1 Å². The van der Waals surface area contributed by atoms with Gasteiger partial charge >= 0.3 is 5.97 Å². The number of fused-ring (bicyclic) bond motifs is 3. The fourth-order valence-electron chi connectivity index (χ4n) is 2.57. The second kappa shape index (κ2) is 5.03. The summed E-state index contributed by atoms with van der Waals surface area (Å²) in [5, 5.41) is 0. The summed E-state index contributed by atoms with van der Waals surface area (Å²) in [6.45, 7) is 5.83. The summed E-state index contributed by atoms with van der Waals surface area (Å²) < 4.78 is 5.56. The molecule has 0 unspecified atom stereocenters. The molecule has 1 aliphatic rings. The number of carbonyl (C=O) groups is 1. The van der Waals surface area contributed by atoms with E-state index in [2.05, 4.69) is 30.3 Å². The molecular weight excluding hydrogens is 260 g/mol. The van der Waals surface area contributed by atoms with E-state index in [1.54, 1.807) is 0 Å². The highest BCUT2D eigenvalue weighted by atomic mass is 16.5. The number of hydrogen-bond donors (Lipinski definition) is 0. The molecule has 21 heavy (non-hydrogen) atoms. The van der Waals surface area contributed by atoms with E-state index in [1.807, 2.05) is 32.9 Å². The second-order valence-corrected chi connectivity index (χ2v) is 6.28. The fraction of sp³-hybridized carbons (Fsp3) is 0.316. The van der Waals surface area contributed by atoms with E-state index in [1.165, 1.54) is 22.3 Å². The van der Waals surface area contributed by atoms with Gasteiger partial charge in [0, 0.05) is 0 Å². The molecule has 1 aliphatic carbocycles. The minimum atomic E-state index is -0.442. The Labute approximate surface area is 125 Å². The van der Waals surface area contributed by atoms with Gasteiger partial charge in [-0.2, -0.15) is 0 Å². The highest BCUT2D eigenvalue weighted by molar-refractivity contribution is 5.80. The van der Waals surface area contributed by atoms with Crippen molar-refractivity contribution in [1.82, 2.24) is 0 Å². The van der Waals surface area contributed by atoms with Gasteiger partial charge in [-0.3, -0.25) is 4.79 Å². The molecule has 0 radical (unpaired) electrons. The molecule has 0 saturated carbocycles. The zero-order valence-electron chi connectivity index (χ0n) is 12.8. The number of ether oxygens (including phenoxy) is 1. The van der Waals surface area contributed by atoms with E-state index in [-0.39, 0.29) is 5.97 Å². The number of carbonyl (C=O) groups excluding carboxylic acids is 1. The molecule has 0 saturated heterocycles. The van der Waals surface area contributed by atoms with Crippen LogP contribution < -0.4 is 4.74 Å². The van der Waals surface area contributed by atoms with Crippen molar-refractivity contribution >= 4 is 5.97 Å². The third kappa shape index (κ3) is 2.46. The average Bonchev–Trinajstić information content (AvgIpc) is 2.84. The molecule has 108 valence electrons. The molecule has 3 rings (SSSR count). The van der Waals surface area contributed by atoms with E-state index >= 15 is 0 Å². The van der Waals surface area contributed by atoms with Gasteiger partial charge in [0.2, 0.25) is 0 Å². The quantitative estimate of drug-likeness (QED) is 0.517. The molecule has 0 bridgehead atoms. The van der Waals surface area contributed by atoms with Crippen molar-refractivity contribution in [2.24, 2.45) is 5.41 Å². The maximum Gasteiger partial charge on any atom is 0.316 e. The Morgan fingerprint density at radius 3 is 2.57 bits per heavy atom. The maximum atomic E-state index is 12.2. The zero-order valence-corrected chi connectivity index (χ0v) is 12.8.